The van der Waals surface area contributed by atoms with E-state index in [2.05, 4.69) is 0 Å². The average Bonchev–Trinajstić information content (AvgIpc) is 2.37. The lowest BCUT2D eigenvalue weighted by Crippen LogP contribution is -2.33. The Morgan fingerprint density at radius 2 is 2.20 bits per heavy atom. The normalized spacial score (nSPS) is 10.8. The number of anilines is 1. The van der Waals surface area contributed by atoms with E-state index in [0.29, 0.717) is 11.3 Å². The third kappa shape index (κ3) is 4.35. The van der Waals surface area contributed by atoms with Crippen LogP contribution in [0.3, 0.4) is 0 Å². The van der Waals surface area contributed by atoms with E-state index in [0.717, 1.165) is 10.6 Å². The van der Waals surface area contributed by atoms with E-state index in [-0.39, 0.29) is 19.0 Å². The zero-order valence-electron chi connectivity index (χ0n) is 11.3. The lowest BCUT2D eigenvalue weighted by atomic mass is 10.1. The summed E-state index contributed by atoms with van der Waals surface area (Å²) >= 11 is 1.50. The van der Waals surface area contributed by atoms with Crippen molar-refractivity contribution < 1.29 is 13.9 Å². The van der Waals surface area contributed by atoms with Crippen LogP contribution in [0.25, 0.3) is 0 Å². The summed E-state index contributed by atoms with van der Waals surface area (Å²) in [4.78, 5) is 2.15. The maximum Gasteiger partial charge on any atom is 0.255 e. The maximum absolute atomic E-state index is 12.7. The molecule has 4 N–H and O–H groups in total. The average molecular weight is 303 g/mol. The molecule has 20 heavy (non-hydrogen) atoms. The van der Waals surface area contributed by atoms with Gasteiger partial charge in [-0.1, -0.05) is 13.0 Å². The highest BCUT2D eigenvalue weighted by Gasteiger charge is 2.19. The zero-order chi connectivity index (χ0) is 15.1. The summed E-state index contributed by atoms with van der Waals surface area (Å²) in [6.07, 6.45) is -2.52. The number of alkyl halides is 2. The fourth-order valence-corrected chi connectivity index (χ4v) is 2.77. The first-order chi connectivity index (χ1) is 9.51. The van der Waals surface area contributed by atoms with Gasteiger partial charge in [-0.15, -0.1) is 11.8 Å². The molecule has 1 aromatic rings. The van der Waals surface area contributed by atoms with Gasteiger partial charge in [-0.3, -0.25) is 5.41 Å². The van der Waals surface area contributed by atoms with Crippen molar-refractivity contribution in [2.45, 2.75) is 18.2 Å². The van der Waals surface area contributed by atoms with Crippen LogP contribution in [0.2, 0.25) is 0 Å². The van der Waals surface area contributed by atoms with Crippen LogP contribution >= 0.6 is 11.8 Å². The van der Waals surface area contributed by atoms with Gasteiger partial charge in [-0.25, -0.2) is 8.78 Å². The van der Waals surface area contributed by atoms with Crippen LogP contribution in [0.1, 0.15) is 12.5 Å². The molecule has 0 saturated heterocycles. The summed E-state index contributed by atoms with van der Waals surface area (Å²) in [7, 11) is 0. The van der Waals surface area contributed by atoms with Gasteiger partial charge in [0, 0.05) is 17.1 Å². The fourth-order valence-electron chi connectivity index (χ4n) is 1.93. The van der Waals surface area contributed by atoms with E-state index in [1.54, 1.807) is 12.1 Å². The Bertz CT molecular complexity index is 457. The number of nitrogens with zero attached hydrogens (tertiary/aromatic N) is 1. The smallest absolute Gasteiger partial charge is 0.255 e. The summed E-state index contributed by atoms with van der Waals surface area (Å²) in [6.45, 7) is 1.30. The number of nitrogen functional groups attached to an aromatic ring is 1. The van der Waals surface area contributed by atoms with Gasteiger partial charge in [0.2, 0.25) is 0 Å². The Hall–Kier alpha value is -1.34. The first-order valence-electron chi connectivity index (χ1n) is 6.25. The van der Waals surface area contributed by atoms with Crippen molar-refractivity contribution in [2.24, 2.45) is 5.73 Å². The molecule has 0 unspecified atom stereocenters. The van der Waals surface area contributed by atoms with Gasteiger partial charge in [0.15, 0.2) is 0 Å². The Balaban J connectivity index is 3.24. The minimum absolute atomic E-state index is 0.0743. The summed E-state index contributed by atoms with van der Waals surface area (Å²) in [5.41, 5.74) is 6.52. The number of nitrogens with two attached hydrogens (primary N) is 1. The number of benzene rings is 1. The zero-order valence-corrected chi connectivity index (χ0v) is 12.1. The second-order valence-electron chi connectivity index (χ2n) is 4.06. The molecule has 0 aliphatic heterocycles. The van der Waals surface area contributed by atoms with Crippen molar-refractivity contribution in [3.8, 4) is 0 Å². The third-order valence-corrected chi connectivity index (χ3v) is 3.58. The first-order valence-corrected chi connectivity index (χ1v) is 7.24. The standard InChI is InChI=1S/C13H19F2N3OS/c1-2-20-10-5-3-4-9(12(10)13(16)17)18(6-7-19)8-11(14)15/h3-5,11,19H,2,6-8H2,1H3,(H3,16,17). The summed E-state index contributed by atoms with van der Waals surface area (Å²) < 4.78 is 25.3. The monoisotopic (exact) mass is 303 g/mol. The molecule has 0 atom stereocenters. The van der Waals surface area contributed by atoms with Crippen LogP contribution in [-0.4, -0.2) is 42.8 Å². The van der Waals surface area contributed by atoms with Crippen LogP contribution in [0, 0.1) is 5.41 Å². The molecule has 0 saturated carbocycles. The van der Waals surface area contributed by atoms with Crippen molar-refractivity contribution in [3.63, 3.8) is 0 Å². The molecule has 0 aliphatic rings. The second kappa shape index (κ2) is 8.06. The molecule has 0 aromatic heterocycles. The number of hydrogen-bond acceptors (Lipinski definition) is 4. The molecule has 4 nitrogen and oxygen atoms in total. The molecule has 0 radical (unpaired) electrons. The highest BCUT2D eigenvalue weighted by Crippen LogP contribution is 2.30. The molecule has 1 rings (SSSR count). The first kappa shape index (κ1) is 16.7. The molecule has 0 amide bonds. The number of amidine groups is 1. The van der Waals surface area contributed by atoms with Crippen molar-refractivity contribution in [3.05, 3.63) is 23.8 Å². The Morgan fingerprint density at radius 1 is 1.50 bits per heavy atom. The maximum atomic E-state index is 12.7. The SMILES string of the molecule is CCSc1cccc(N(CCO)CC(F)F)c1C(=N)N. The van der Waals surface area contributed by atoms with Crippen LogP contribution in [0.4, 0.5) is 14.5 Å². The van der Waals surface area contributed by atoms with Crippen LogP contribution < -0.4 is 10.6 Å². The van der Waals surface area contributed by atoms with Gasteiger partial charge in [0.25, 0.3) is 6.43 Å². The number of halogens is 2. The largest absolute Gasteiger partial charge is 0.395 e. The van der Waals surface area contributed by atoms with E-state index >= 15 is 0 Å². The Labute approximate surface area is 121 Å². The molecule has 7 heteroatoms. The van der Waals surface area contributed by atoms with Gasteiger partial charge in [-0.05, 0) is 17.9 Å². The summed E-state index contributed by atoms with van der Waals surface area (Å²) in [5, 5.41) is 16.7. The van der Waals surface area contributed by atoms with Crippen molar-refractivity contribution >= 4 is 23.3 Å². The summed E-state index contributed by atoms with van der Waals surface area (Å²) in [5.74, 6) is 0.632. The summed E-state index contributed by atoms with van der Waals surface area (Å²) in [6, 6.07) is 5.21. The number of aliphatic hydroxyl groups excluding tert-OH is 1. The number of thioether (sulfide) groups is 1. The highest BCUT2D eigenvalue weighted by atomic mass is 32.2. The molecule has 0 fully saturated rings. The topological polar surface area (TPSA) is 73.3 Å². The fraction of sp³-hybridized carbons (Fsp3) is 0.462. The van der Waals surface area contributed by atoms with Gasteiger partial charge in [-0.2, -0.15) is 0 Å². The second-order valence-corrected chi connectivity index (χ2v) is 5.36. The van der Waals surface area contributed by atoms with Gasteiger partial charge in [0.05, 0.1) is 18.7 Å². The predicted octanol–water partition coefficient (Wildman–Crippen LogP) is 2.15. The lowest BCUT2D eigenvalue weighted by Gasteiger charge is -2.26. The minimum Gasteiger partial charge on any atom is -0.395 e. The van der Waals surface area contributed by atoms with E-state index in [1.807, 2.05) is 13.0 Å². The van der Waals surface area contributed by atoms with E-state index in [4.69, 9.17) is 16.2 Å². The molecule has 0 spiro atoms. The van der Waals surface area contributed by atoms with E-state index in [1.165, 1.54) is 16.7 Å². The predicted molar refractivity (Wildman–Crippen MR) is 79.2 cm³/mol. The molecular formula is C13H19F2N3OS. The quantitative estimate of drug-likeness (QED) is 0.391. The van der Waals surface area contributed by atoms with E-state index in [9.17, 15) is 8.78 Å². The molecule has 112 valence electrons. The Morgan fingerprint density at radius 3 is 2.70 bits per heavy atom. The van der Waals surface area contributed by atoms with Gasteiger partial charge in [0.1, 0.15) is 5.84 Å². The van der Waals surface area contributed by atoms with Gasteiger partial charge >= 0.3 is 0 Å². The number of hydrogen-bond donors (Lipinski definition) is 3. The van der Waals surface area contributed by atoms with Gasteiger partial charge < -0.3 is 15.7 Å². The minimum atomic E-state index is -2.52. The third-order valence-electron chi connectivity index (χ3n) is 2.64. The molecular weight excluding hydrogens is 284 g/mol. The van der Waals surface area contributed by atoms with Crippen molar-refractivity contribution in [1.29, 1.82) is 5.41 Å². The van der Waals surface area contributed by atoms with Crippen molar-refractivity contribution in [2.75, 3.05) is 30.3 Å². The van der Waals surface area contributed by atoms with Crippen LogP contribution in [-0.2, 0) is 0 Å². The number of aliphatic hydroxyl groups is 1. The molecule has 1 aromatic carbocycles. The molecule has 0 aliphatic carbocycles. The molecule has 0 bridgehead atoms. The highest BCUT2D eigenvalue weighted by molar-refractivity contribution is 7.99. The lowest BCUT2D eigenvalue weighted by molar-refractivity contribution is 0.153. The van der Waals surface area contributed by atoms with Crippen LogP contribution in [0.5, 0.6) is 0 Å². The number of nitrogens with one attached hydrogen (secondary N) is 1. The Kier molecular flexibility index (Phi) is 6.74. The van der Waals surface area contributed by atoms with Crippen LogP contribution in [0.15, 0.2) is 23.1 Å². The van der Waals surface area contributed by atoms with Crippen molar-refractivity contribution in [1.82, 2.24) is 0 Å². The molecule has 0 heterocycles. The van der Waals surface area contributed by atoms with E-state index < -0.39 is 13.0 Å². The number of rotatable bonds is 8.